The summed E-state index contributed by atoms with van der Waals surface area (Å²) in [5, 5.41) is 17.4. The van der Waals surface area contributed by atoms with Crippen molar-refractivity contribution in [1.82, 2.24) is 14.9 Å². The van der Waals surface area contributed by atoms with Crippen LogP contribution in [0.4, 0.5) is 28.7 Å². The number of ether oxygens (including phenoxy) is 1. The molecule has 3 aromatic rings. The average molecular weight is 555 g/mol. The first-order chi connectivity index (χ1) is 19.9. The van der Waals surface area contributed by atoms with Crippen molar-refractivity contribution in [3.63, 3.8) is 0 Å². The van der Waals surface area contributed by atoms with E-state index in [4.69, 9.17) is 9.57 Å². The van der Waals surface area contributed by atoms with Gasteiger partial charge in [0, 0.05) is 37.7 Å². The smallest absolute Gasteiger partial charge is 0.247 e. The summed E-state index contributed by atoms with van der Waals surface area (Å²) in [5.41, 5.74) is 3.73. The van der Waals surface area contributed by atoms with E-state index in [1.165, 1.54) is 12.4 Å². The van der Waals surface area contributed by atoms with E-state index in [9.17, 15) is 10.1 Å². The molecule has 2 aliphatic rings. The molecule has 2 fully saturated rings. The number of likely N-dealkylation sites (N-methyl/N-ethyl adjacent to an activating group) is 1. The predicted molar refractivity (Wildman–Crippen MR) is 158 cm³/mol. The highest BCUT2D eigenvalue weighted by atomic mass is 16.7. The van der Waals surface area contributed by atoms with E-state index in [1.54, 1.807) is 24.3 Å². The van der Waals surface area contributed by atoms with Crippen molar-refractivity contribution in [2.45, 2.75) is 24.9 Å². The first-order valence-electron chi connectivity index (χ1n) is 13.5. The number of aromatic nitrogens is 2. The summed E-state index contributed by atoms with van der Waals surface area (Å²) in [5.74, 6) is 1.41. The summed E-state index contributed by atoms with van der Waals surface area (Å²) in [6, 6.07) is 15.6. The molecule has 2 aromatic carbocycles. The molecule has 2 N–H and O–H groups in total. The van der Waals surface area contributed by atoms with Crippen molar-refractivity contribution in [2.24, 2.45) is 0 Å². The van der Waals surface area contributed by atoms with Crippen LogP contribution in [0.5, 0.6) is 5.75 Å². The van der Waals surface area contributed by atoms with Crippen LogP contribution in [-0.2, 0) is 9.63 Å². The number of nitriles is 1. The number of rotatable bonds is 9. The van der Waals surface area contributed by atoms with E-state index in [-0.39, 0.29) is 11.9 Å². The van der Waals surface area contributed by atoms with Gasteiger partial charge < -0.3 is 25.2 Å². The lowest BCUT2D eigenvalue weighted by Gasteiger charge is -2.26. The first-order valence-corrected chi connectivity index (χ1v) is 13.5. The number of hydroxylamine groups is 1. The lowest BCUT2D eigenvalue weighted by Crippen LogP contribution is -2.31. The van der Waals surface area contributed by atoms with Gasteiger partial charge in [0.15, 0.2) is 5.82 Å². The van der Waals surface area contributed by atoms with Crippen LogP contribution in [0.3, 0.4) is 0 Å². The molecule has 0 spiro atoms. The molecule has 212 valence electrons. The minimum atomic E-state index is -0.298. The summed E-state index contributed by atoms with van der Waals surface area (Å²) >= 11 is 0. The summed E-state index contributed by atoms with van der Waals surface area (Å²) in [6.07, 6.45) is 4.50. The highest BCUT2D eigenvalue weighted by molar-refractivity contribution is 6.02. The number of anilines is 5. The fourth-order valence-electron chi connectivity index (χ4n) is 5.25. The number of benzene rings is 2. The molecule has 0 saturated carbocycles. The van der Waals surface area contributed by atoms with Crippen LogP contribution in [0.15, 0.2) is 61.4 Å². The van der Waals surface area contributed by atoms with Crippen LogP contribution >= 0.6 is 0 Å². The molecule has 0 aliphatic carbocycles. The van der Waals surface area contributed by atoms with Gasteiger partial charge in [-0.05, 0) is 50.4 Å². The van der Waals surface area contributed by atoms with E-state index < -0.39 is 0 Å². The van der Waals surface area contributed by atoms with Crippen LogP contribution in [-0.4, -0.2) is 67.7 Å². The Bertz CT molecular complexity index is 1470. The Morgan fingerprint density at radius 2 is 2.07 bits per heavy atom. The molecule has 2 saturated heterocycles. The molecule has 2 aliphatic heterocycles. The van der Waals surface area contributed by atoms with Gasteiger partial charge in [-0.2, -0.15) is 5.26 Å². The van der Waals surface area contributed by atoms with Gasteiger partial charge in [-0.3, -0.25) is 9.63 Å². The normalized spacial score (nSPS) is 18.3. The second kappa shape index (κ2) is 12.2. The SMILES string of the molecule is C=CC(=O)Nc1cc(Nc2cc(N3OCCC3c3cccc(C#N)c3)ncn2)c(OC)cc1N1CCC(N(C)C)C1. The van der Waals surface area contributed by atoms with E-state index in [0.29, 0.717) is 47.0 Å². The average Bonchev–Trinajstić information content (AvgIpc) is 3.68. The summed E-state index contributed by atoms with van der Waals surface area (Å²) in [4.78, 5) is 31.7. The van der Waals surface area contributed by atoms with Gasteiger partial charge >= 0.3 is 0 Å². The molecular formula is C30H34N8O3. The Labute approximate surface area is 240 Å². The molecule has 2 unspecified atom stereocenters. The third kappa shape index (κ3) is 6.09. The minimum Gasteiger partial charge on any atom is -0.494 e. The van der Waals surface area contributed by atoms with Crippen LogP contribution in [0.25, 0.3) is 0 Å². The maximum absolute atomic E-state index is 12.4. The van der Waals surface area contributed by atoms with Crippen molar-refractivity contribution in [3.05, 3.63) is 72.6 Å². The number of hydrogen-bond acceptors (Lipinski definition) is 10. The molecule has 0 radical (unpaired) electrons. The van der Waals surface area contributed by atoms with Gasteiger partial charge in [0.25, 0.3) is 0 Å². The van der Waals surface area contributed by atoms with Crippen molar-refractivity contribution < 1.29 is 14.4 Å². The third-order valence-corrected chi connectivity index (χ3v) is 7.44. The zero-order valence-corrected chi connectivity index (χ0v) is 23.5. The minimum absolute atomic E-state index is 0.0907. The van der Waals surface area contributed by atoms with E-state index >= 15 is 0 Å². The molecule has 0 bridgehead atoms. The zero-order chi connectivity index (χ0) is 28.9. The van der Waals surface area contributed by atoms with E-state index in [0.717, 1.165) is 37.2 Å². The first kappa shape index (κ1) is 27.9. The molecule has 11 nitrogen and oxygen atoms in total. The lowest BCUT2D eigenvalue weighted by atomic mass is 10.0. The van der Waals surface area contributed by atoms with Crippen LogP contribution in [0, 0.1) is 11.3 Å². The molecular weight excluding hydrogens is 520 g/mol. The number of nitrogens with zero attached hydrogens (tertiary/aromatic N) is 6. The fourth-order valence-corrected chi connectivity index (χ4v) is 5.25. The molecule has 5 rings (SSSR count). The molecule has 2 atom stereocenters. The maximum atomic E-state index is 12.4. The third-order valence-electron chi connectivity index (χ3n) is 7.44. The van der Waals surface area contributed by atoms with E-state index in [1.807, 2.05) is 30.3 Å². The summed E-state index contributed by atoms with van der Waals surface area (Å²) in [7, 11) is 5.77. The Hall–Kier alpha value is -4.66. The largest absolute Gasteiger partial charge is 0.494 e. The number of methoxy groups -OCH3 is 1. The Balaban J connectivity index is 1.44. The highest BCUT2D eigenvalue weighted by Gasteiger charge is 2.30. The summed E-state index contributed by atoms with van der Waals surface area (Å²) < 4.78 is 5.77. The Morgan fingerprint density at radius 3 is 2.80 bits per heavy atom. The quantitative estimate of drug-likeness (QED) is 0.372. The number of hydrogen-bond donors (Lipinski definition) is 2. The maximum Gasteiger partial charge on any atom is 0.247 e. The standard InChI is InChI=1S/C30H34N8O3/c1-5-30(39)35-23-14-24(27(40-4)15-26(23)37-11-9-22(18-37)36(2)3)34-28-16-29(33-19-32-28)38-25(10-12-41-38)21-8-6-7-20(13-21)17-31/h5-8,13-16,19,22,25H,1,9-12,18H2,2-4H3,(H,35,39)(H,32,33,34). The van der Waals surface area contributed by atoms with Gasteiger partial charge in [-0.15, -0.1) is 0 Å². The van der Waals surface area contributed by atoms with Crippen molar-refractivity contribution in [3.8, 4) is 11.8 Å². The number of carbonyl (C=O) groups excluding carboxylic acids is 1. The fraction of sp³-hybridized carbons (Fsp3) is 0.333. The van der Waals surface area contributed by atoms with Crippen LogP contribution in [0.2, 0.25) is 0 Å². The van der Waals surface area contributed by atoms with Gasteiger partial charge in [0.2, 0.25) is 5.91 Å². The second-order valence-electron chi connectivity index (χ2n) is 10.2. The van der Waals surface area contributed by atoms with Gasteiger partial charge in [-0.25, -0.2) is 15.0 Å². The van der Waals surface area contributed by atoms with Crippen molar-refractivity contribution in [1.29, 1.82) is 5.26 Å². The molecule has 11 heteroatoms. The molecule has 41 heavy (non-hydrogen) atoms. The zero-order valence-electron chi connectivity index (χ0n) is 23.5. The van der Waals surface area contributed by atoms with E-state index in [2.05, 4.69) is 57.1 Å². The lowest BCUT2D eigenvalue weighted by molar-refractivity contribution is -0.111. The number of amides is 1. The van der Waals surface area contributed by atoms with Crippen LogP contribution < -0.4 is 25.3 Å². The van der Waals surface area contributed by atoms with Crippen LogP contribution in [0.1, 0.15) is 30.0 Å². The number of nitrogens with one attached hydrogen (secondary N) is 2. The Morgan fingerprint density at radius 1 is 1.22 bits per heavy atom. The predicted octanol–water partition coefficient (Wildman–Crippen LogP) is 4.25. The number of carbonyl (C=O) groups is 1. The molecule has 1 amide bonds. The van der Waals surface area contributed by atoms with Gasteiger partial charge in [-0.1, -0.05) is 18.7 Å². The summed E-state index contributed by atoms with van der Waals surface area (Å²) in [6.45, 7) is 5.83. The van der Waals surface area contributed by atoms with Gasteiger partial charge in [0.05, 0.1) is 48.5 Å². The second-order valence-corrected chi connectivity index (χ2v) is 10.2. The highest BCUT2D eigenvalue weighted by Crippen LogP contribution is 2.40. The molecule has 3 heterocycles. The monoisotopic (exact) mass is 554 g/mol. The Kier molecular flexibility index (Phi) is 8.33. The van der Waals surface area contributed by atoms with Gasteiger partial charge in [0.1, 0.15) is 17.9 Å². The van der Waals surface area contributed by atoms with Crippen molar-refractivity contribution >= 4 is 34.6 Å². The van der Waals surface area contributed by atoms with Crippen molar-refractivity contribution in [2.75, 3.05) is 61.5 Å². The topological polar surface area (TPSA) is 119 Å². The molecule has 1 aromatic heterocycles.